The van der Waals surface area contributed by atoms with Crippen molar-refractivity contribution in [2.45, 2.75) is 0 Å². The van der Waals surface area contributed by atoms with E-state index in [9.17, 15) is 0 Å². The van der Waals surface area contributed by atoms with Crippen molar-refractivity contribution in [2.75, 3.05) is 0 Å². The molecule has 0 atom stereocenters. The Balaban J connectivity index is 0.642. The number of benzene rings is 14. The van der Waals surface area contributed by atoms with Gasteiger partial charge in [-0.3, -0.25) is 4.98 Å². The predicted octanol–water partition coefficient (Wildman–Crippen LogP) is 20.0. The highest BCUT2D eigenvalue weighted by molar-refractivity contribution is 6.23. The molecular weight excluding hydrogens is 931 g/mol. The van der Waals surface area contributed by atoms with Crippen LogP contribution < -0.4 is 0 Å². The van der Waals surface area contributed by atoms with E-state index in [4.69, 9.17) is 9.97 Å². The summed E-state index contributed by atoms with van der Waals surface area (Å²) in [5, 5.41) is 16.9. The highest BCUT2D eigenvalue weighted by Crippen LogP contribution is 2.39. The van der Waals surface area contributed by atoms with Crippen LogP contribution in [-0.4, -0.2) is 14.5 Å². The number of hydrogen-bond donors (Lipinski definition) is 0. The van der Waals surface area contributed by atoms with Crippen molar-refractivity contribution in [2.24, 2.45) is 0 Å². The Morgan fingerprint density at radius 1 is 0.234 bits per heavy atom. The zero-order valence-electron chi connectivity index (χ0n) is 41.8. The molecule has 0 bridgehead atoms. The summed E-state index contributed by atoms with van der Waals surface area (Å²) >= 11 is 0. The topological polar surface area (TPSA) is 30.7 Å². The highest BCUT2D eigenvalue weighted by Gasteiger charge is 2.16. The van der Waals surface area contributed by atoms with Crippen molar-refractivity contribution in [3.8, 4) is 61.5 Å². The average molecular weight is 976 g/mol. The first kappa shape index (κ1) is 43.2. The summed E-state index contributed by atoms with van der Waals surface area (Å²) in [7, 11) is 0. The first-order valence-corrected chi connectivity index (χ1v) is 26.4. The van der Waals surface area contributed by atoms with Gasteiger partial charge in [0.05, 0.1) is 34.0 Å². The second kappa shape index (κ2) is 17.2. The summed E-state index contributed by atoms with van der Waals surface area (Å²) in [5.41, 5.74) is 17.1. The van der Waals surface area contributed by atoms with Crippen molar-refractivity contribution < 1.29 is 0 Å². The number of nitrogens with zero attached hydrogens (tertiary/aromatic N) is 3. The van der Waals surface area contributed by atoms with Crippen LogP contribution in [-0.2, 0) is 0 Å². The minimum Gasteiger partial charge on any atom is -0.309 e. The van der Waals surface area contributed by atoms with Gasteiger partial charge in [-0.1, -0.05) is 188 Å². The number of rotatable bonds is 6. The minimum atomic E-state index is 0.873. The Morgan fingerprint density at radius 2 is 0.571 bits per heavy atom. The Hall–Kier alpha value is -10.2. The molecule has 0 fully saturated rings. The molecule has 0 N–H and O–H groups in total. The molecule has 0 unspecified atom stereocenters. The van der Waals surface area contributed by atoms with Crippen LogP contribution in [0.2, 0.25) is 0 Å². The fraction of sp³-hybridized carbons (Fsp3) is 0. The van der Waals surface area contributed by atoms with Crippen LogP contribution in [0, 0.1) is 0 Å². The third kappa shape index (κ3) is 7.20. The van der Waals surface area contributed by atoms with E-state index >= 15 is 0 Å². The Kier molecular flexibility index (Phi) is 9.64. The lowest BCUT2D eigenvalue weighted by Gasteiger charge is -2.11. The normalized spacial score (nSPS) is 11.9. The van der Waals surface area contributed by atoms with Gasteiger partial charge < -0.3 is 4.57 Å². The van der Waals surface area contributed by atoms with Gasteiger partial charge >= 0.3 is 0 Å². The molecule has 0 spiro atoms. The molecule has 0 aliphatic rings. The van der Waals surface area contributed by atoms with Crippen molar-refractivity contribution in [1.29, 1.82) is 0 Å². The molecule has 16 aromatic rings. The minimum absolute atomic E-state index is 0.873. The van der Waals surface area contributed by atoms with Gasteiger partial charge in [0.2, 0.25) is 0 Å². The van der Waals surface area contributed by atoms with E-state index in [1.54, 1.807) is 0 Å². The fourth-order valence-corrected chi connectivity index (χ4v) is 12.2. The van der Waals surface area contributed by atoms with Crippen molar-refractivity contribution in [1.82, 2.24) is 14.5 Å². The smallest absolute Gasteiger partial charge is 0.0979 e. The molecule has 2 aromatic heterocycles. The van der Waals surface area contributed by atoms with Gasteiger partial charge in [-0.15, -0.1) is 0 Å². The molecular formula is C74H45N3. The maximum absolute atomic E-state index is 5.24. The fourth-order valence-electron chi connectivity index (χ4n) is 12.2. The van der Waals surface area contributed by atoms with Crippen LogP contribution in [0.25, 0.3) is 159 Å². The van der Waals surface area contributed by atoms with Crippen LogP contribution in [0.5, 0.6) is 0 Å². The molecule has 0 radical (unpaired) electrons. The molecule has 356 valence electrons. The Bertz CT molecular complexity index is 5070. The third-order valence-electron chi connectivity index (χ3n) is 16.1. The molecule has 2 heterocycles. The van der Waals surface area contributed by atoms with E-state index in [0.29, 0.717) is 0 Å². The Morgan fingerprint density at radius 3 is 1.04 bits per heavy atom. The summed E-state index contributed by atoms with van der Waals surface area (Å²) < 4.78 is 2.37. The van der Waals surface area contributed by atoms with Gasteiger partial charge in [-0.25, -0.2) is 4.98 Å². The van der Waals surface area contributed by atoms with Crippen LogP contribution >= 0.6 is 0 Å². The Labute approximate surface area is 444 Å². The molecule has 14 aromatic carbocycles. The maximum Gasteiger partial charge on any atom is 0.0979 e. The first-order valence-electron chi connectivity index (χ1n) is 26.4. The SMILES string of the molecule is c1ccc(-n2c3ccccc3c3cc(-c4ccc5cc(-c6ccc7cc(-c8ccc9cc(-c%10ccc%11cc(-c%12cnc%13c%14ccccc%14c%14ccccc%14c%13n%12)ccc%11c%10)ccc9c8)ccc7c6)ccc5c4)ccc32)cc1. The van der Waals surface area contributed by atoms with E-state index in [1.807, 2.05) is 6.20 Å². The van der Waals surface area contributed by atoms with Crippen LogP contribution in [0.3, 0.4) is 0 Å². The molecule has 0 saturated carbocycles. The second-order valence-electron chi connectivity index (χ2n) is 20.6. The predicted molar refractivity (Wildman–Crippen MR) is 326 cm³/mol. The zero-order chi connectivity index (χ0) is 50.6. The standard InChI is InChI=1S/C74H45N3/c1-2-10-63(11-3-1)77-71-17-9-8-14-66(71)69-44-61(34-35-72(69)77)59-30-28-55-40-53(26-27-57(55)42-59)51-22-20-47-36-46(18-19-49(47)38-51)48-21-23-52-39-54(25-24-50(52)37-48)56-29-31-60-43-62(33-32-58(60)41-56)70-45-75-73-67-15-6-4-12-64(67)65-13-5-7-16-68(65)74(73)76-70/h1-45H. The lowest BCUT2D eigenvalue weighted by Crippen LogP contribution is -1.92. The van der Waals surface area contributed by atoms with Crippen molar-refractivity contribution >= 4 is 97.5 Å². The van der Waals surface area contributed by atoms with Gasteiger partial charge in [-0.2, -0.15) is 0 Å². The molecule has 16 rings (SSSR count). The third-order valence-corrected chi connectivity index (χ3v) is 16.1. The van der Waals surface area contributed by atoms with Gasteiger partial charge in [-0.05, 0) is 177 Å². The van der Waals surface area contributed by atoms with Crippen LogP contribution in [0.15, 0.2) is 273 Å². The van der Waals surface area contributed by atoms with Crippen LogP contribution in [0.1, 0.15) is 0 Å². The summed E-state index contributed by atoms with van der Waals surface area (Å²) in [6.07, 6.45) is 1.92. The lowest BCUT2D eigenvalue weighted by molar-refractivity contribution is 1.18. The zero-order valence-corrected chi connectivity index (χ0v) is 41.8. The van der Waals surface area contributed by atoms with Gasteiger partial charge in [0, 0.05) is 32.8 Å². The van der Waals surface area contributed by atoms with Gasteiger partial charge in [0.25, 0.3) is 0 Å². The van der Waals surface area contributed by atoms with Crippen molar-refractivity contribution in [3.63, 3.8) is 0 Å². The van der Waals surface area contributed by atoms with E-state index in [0.717, 1.165) is 33.1 Å². The number of aromatic nitrogens is 3. The van der Waals surface area contributed by atoms with E-state index < -0.39 is 0 Å². The number of hydrogen-bond acceptors (Lipinski definition) is 2. The van der Waals surface area contributed by atoms with Gasteiger partial charge in [0.1, 0.15) is 0 Å². The molecule has 0 aliphatic carbocycles. The molecule has 3 nitrogen and oxygen atoms in total. The van der Waals surface area contributed by atoms with E-state index in [-0.39, 0.29) is 0 Å². The monoisotopic (exact) mass is 975 g/mol. The number of para-hydroxylation sites is 2. The number of fused-ring (bicyclic) bond motifs is 13. The molecule has 0 saturated heterocycles. The van der Waals surface area contributed by atoms with E-state index in [2.05, 4.69) is 271 Å². The highest BCUT2D eigenvalue weighted by atomic mass is 15.0. The summed E-state index contributed by atoms with van der Waals surface area (Å²) in [4.78, 5) is 10.3. The van der Waals surface area contributed by atoms with Crippen molar-refractivity contribution in [3.05, 3.63) is 273 Å². The molecule has 77 heavy (non-hydrogen) atoms. The summed E-state index contributed by atoms with van der Waals surface area (Å²) in [6, 6.07) is 97.8. The quantitative estimate of drug-likeness (QED) is 0.155. The van der Waals surface area contributed by atoms with E-state index in [1.165, 1.54) is 126 Å². The average Bonchev–Trinajstić information content (AvgIpc) is 3.96. The first-order chi connectivity index (χ1) is 38.1. The molecule has 0 amide bonds. The largest absolute Gasteiger partial charge is 0.309 e. The summed E-state index contributed by atoms with van der Waals surface area (Å²) in [5.74, 6) is 0. The van der Waals surface area contributed by atoms with Crippen LogP contribution in [0.4, 0.5) is 0 Å². The summed E-state index contributed by atoms with van der Waals surface area (Å²) in [6.45, 7) is 0. The van der Waals surface area contributed by atoms with Gasteiger partial charge in [0.15, 0.2) is 0 Å². The molecule has 3 heteroatoms. The second-order valence-corrected chi connectivity index (χ2v) is 20.6. The maximum atomic E-state index is 5.24. The lowest BCUT2D eigenvalue weighted by atomic mass is 9.94. The molecule has 0 aliphatic heterocycles.